The second-order valence-electron chi connectivity index (χ2n) is 4.55. The highest BCUT2D eigenvalue weighted by Crippen LogP contribution is 2.20. The zero-order valence-electron chi connectivity index (χ0n) is 9.86. The molecule has 1 fully saturated rings. The smallest absolute Gasteiger partial charge is 0.179 e. The molecule has 0 spiro atoms. The second kappa shape index (κ2) is 4.99. The summed E-state index contributed by atoms with van der Waals surface area (Å²) in [5, 5.41) is 0.611. The Balaban J connectivity index is 1.95. The van der Waals surface area contributed by atoms with E-state index in [1.165, 1.54) is 6.42 Å². The second-order valence-corrected chi connectivity index (χ2v) is 5.38. The number of fused-ring (bicyclic) bond motifs is 1. The van der Waals surface area contributed by atoms with E-state index in [0.29, 0.717) is 9.79 Å². The van der Waals surface area contributed by atoms with Crippen molar-refractivity contribution in [2.45, 2.75) is 31.9 Å². The Hall–Kier alpha value is -0.910. The molecule has 0 amide bonds. The molecule has 1 aliphatic heterocycles. The van der Waals surface area contributed by atoms with E-state index < -0.39 is 0 Å². The summed E-state index contributed by atoms with van der Waals surface area (Å²) in [4.78, 5) is 7.48. The van der Waals surface area contributed by atoms with Gasteiger partial charge in [0.05, 0.1) is 23.2 Å². The van der Waals surface area contributed by atoms with Crippen LogP contribution < -0.4 is 0 Å². The summed E-state index contributed by atoms with van der Waals surface area (Å²) in [6.07, 6.45) is 5.35. The van der Waals surface area contributed by atoms with E-state index in [4.69, 9.17) is 28.6 Å². The van der Waals surface area contributed by atoms with Gasteiger partial charge in [0.2, 0.25) is 0 Å². The van der Waals surface area contributed by atoms with Crippen molar-refractivity contribution in [3.05, 3.63) is 22.1 Å². The van der Waals surface area contributed by atoms with Crippen molar-refractivity contribution in [1.82, 2.24) is 14.5 Å². The van der Waals surface area contributed by atoms with Gasteiger partial charge in [0.25, 0.3) is 0 Å². The summed E-state index contributed by atoms with van der Waals surface area (Å²) in [6, 6.07) is 1.85. The number of H-pyrrole nitrogens is 1. The van der Waals surface area contributed by atoms with Crippen molar-refractivity contribution in [3.8, 4) is 0 Å². The van der Waals surface area contributed by atoms with E-state index >= 15 is 0 Å². The first kappa shape index (κ1) is 12.1. The molecule has 2 aromatic heterocycles. The number of aromatic nitrogens is 3. The van der Waals surface area contributed by atoms with Gasteiger partial charge in [-0.05, 0) is 37.5 Å². The molecule has 0 aliphatic carbocycles. The Morgan fingerprint density at radius 3 is 3.22 bits per heavy atom. The van der Waals surface area contributed by atoms with Crippen LogP contribution >= 0.6 is 23.8 Å². The molecule has 1 aliphatic rings. The van der Waals surface area contributed by atoms with Crippen LogP contribution in [0.15, 0.2) is 12.3 Å². The maximum Gasteiger partial charge on any atom is 0.179 e. The van der Waals surface area contributed by atoms with E-state index in [0.717, 1.165) is 37.2 Å². The van der Waals surface area contributed by atoms with Gasteiger partial charge in [-0.1, -0.05) is 11.6 Å². The standard InChI is InChI=1S/C12H14ClN3OS/c13-8-5-10-11(14-6-8)16(12(18)15-10)7-9-3-1-2-4-17-9/h5-6,9H,1-4,7H2,(H,15,18). The number of nitrogens with zero attached hydrogens (tertiary/aromatic N) is 2. The van der Waals surface area contributed by atoms with Gasteiger partial charge in [0.15, 0.2) is 10.4 Å². The SMILES string of the molecule is S=c1[nH]c2cc(Cl)cnc2n1CC1CCCCO1. The summed E-state index contributed by atoms with van der Waals surface area (Å²) < 4.78 is 8.42. The summed E-state index contributed by atoms with van der Waals surface area (Å²) in [6.45, 7) is 1.60. The third kappa shape index (κ3) is 2.30. The topological polar surface area (TPSA) is 42.8 Å². The summed E-state index contributed by atoms with van der Waals surface area (Å²) in [5.41, 5.74) is 1.72. The molecule has 3 heterocycles. The van der Waals surface area contributed by atoms with Gasteiger partial charge in [-0.2, -0.15) is 0 Å². The molecule has 1 unspecified atom stereocenters. The average molecular weight is 284 g/mol. The molecular weight excluding hydrogens is 270 g/mol. The first-order valence-electron chi connectivity index (χ1n) is 6.10. The fourth-order valence-electron chi connectivity index (χ4n) is 2.34. The highest BCUT2D eigenvalue weighted by molar-refractivity contribution is 7.71. The Labute approximate surface area is 115 Å². The van der Waals surface area contributed by atoms with Crippen molar-refractivity contribution in [1.29, 1.82) is 0 Å². The largest absolute Gasteiger partial charge is 0.376 e. The summed E-state index contributed by atoms with van der Waals surface area (Å²) >= 11 is 11.3. The van der Waals surface area contributed by atoms with E-state index in [9.17, 15) is 0 Å². The maximum atomic E-state index is 5.92. The Morgan fingerprint density at radius 1 is 1.56 bits per heavy atom. The van der Waals surface area contributed by atoms with Crippen LogP contribution in [0.4, 0.5) is 0 Å². The van der Waals surface area contributed by atoms with Gasteiger partial charge in [-0.25, -0.2) is 4.98 Å². The minimum absolute atomic E-state index is 0.238. The summed E-state index contributed by atoms with van der Waals surface area (Å²) in [7, 11) is 0. The van der Waals surface area contributed by atoms with Crippen molar-refractivity contribution in [2.75, 3.05) is 6.61 Å². The van der Waals surface area contributed by atoms with E-state index in [2.05, 4.69) is 9.97 Å². The number of halogens is 1. The van der Waals surface area contributed by atoms with Gasteiger partial charge >= 0.3 is 0 Å². The predicted molar refractivity (Wildman–Crippen MR) is 73.5 cm³/mol. The van der Waals surface area contributed by atoms with Crippen molar-refractivity contribution in [2.24, 2.45) is 0 Å². The van der Waals surface area contributed by atoms with Crippen LogP contribution in [0.1, 0.15) is 19.3 Å². The minimum atomic E-state index is 0.238. The van der Waals surface area contributed by atoms with Crippen molar-refractivity contribution < 1.29 is 4.74 Å². The van der Waals surface area contributed by atoms with Crippen LogP contribution in [0.2, 0.25) is 5.02 Å². The van der Waals surface area contributed by atoms with Crippen molar-refractivity contribution >= 4 is 35.0 Å². The molecule has 0 aromatic carbocycles. The molecular formula is C12H14ClN3OS. The van der Waals surface area contributed by atoms with Crippen LogP contribution in [-0.4, -0.2) is 27.2 Å². The Kier molecular flexibility index (Phi) is 3.37. The van der Waals surface area contributed by atoms with E-state index in [1.54, 1.807) is 6.20 Å². The van der Waals surface area contributed by atoms with E-state index in [1.807, 2.05) is 10.6 Å². The van der Waals surface area contributed by atoms with Crippen LogP contribution in [0.25, 0.3) is 11.2 Å². The minimum Gasteiger partial charge on any atom is -0.376 e. The summed E-state index contributed by atoms with van der Waals surface area (Å²) in [5.74, 6) is 0. The Bertz CT molecular complexity index is 615. The number of hydrogen-bond donors (Lipinski definition) is 1. The molecule has 1 saturated heterocycles. The van der Waals surface area contributed by atoms with Gasteiger partial charge < -0.3 is 9.72 Å². The number of imidazole rings is 1. The number of hydrogen-bond acceptors (Lipinski definition) is 3. The molecule has 1 N–H and O–H groups in total. The zero-order valence-corrected chi connectivity index (χ0v) is 11.4. The lowest BCUT2D eigenvalue weighted by atomic mass is 10.1. The van der Waals surface area contributed by atoms with Crippen LogP contribution in [0.5, 0.6) is 0 Å². The number of rotatable bonds is 2. The highest BCUT2D eigenvalue weighted by Gasteiger charge is 2.16. The number of aromatic amines is 1. The molecule has 96 valence electrons. The molecule has 0 bridgehead atoms. The lowest BCUT2D eigenvalue weighted by Crippen LogP contribution is -2.24. The number of pyridine rings is 1. The molecule has 1 atom stereocenters. The Morgan fingerprint density at radius 2 is 2.44 bits per heavy atom. The molecule has 18 heavy (non-hydrogen) atoms. The first-order valence-corrected chi connectivity index (χ1v) is 6.88. The average Bonchev–Trinajstić information content (AvgIpc) is 2.66. The van der Waals surface area contributed by atoms with Crippen molar-refractivity contribution in [3.63, 3.8) is 0 Å². The quantitative estimate of drug-likeness (QED) is 0.860. The molecule has 6 heteroatoms. The molecule has 2 aromatic rings. The van der Waals surface area contributed by atoms with Gasteiger partial charge in [0, 0.05) is 12.8 Å². The lowest BCUT2D eigenvalue weighted by molar-refractivity contribution is 0.00633. The molecule has 0 radical (unpaired) electrons. The van der Waals surface area contributed by atoms with Crippen LogP contribution in [0, 0.1) is 4.77 Å². The zero-order chi connectivity index (χ0) is 12.5. The molecule has 4 nitrogen and oxygen atoms in total. The number of ether oxygens (including phenoxy) is 1. The third-order valence-electron chi connectivity index (χ3n) is 3.24. The normalized spacial score (nSPS) is 20.4. The monoisotopic (exact) mass is 283 g/mol. The molecule has 3 rings (SSSR count). The maximum absolute atomic E-state index is 5.92. The third-order valence-corrected chi connectivity index (χ3v) is 3.77. The van der Waals surface area contributed by atoms with Gasteiger partial charge in [-0.3, -0.25) is 4.57 Å². The van der Waals surface area contributed by atoms with Crippen LogP contribution in [-0.2, 0) is 11.3 Å². The van der Waals surface area contributed by atoms with Gasteiger partial charge in [-0.15, -0.1) is 0 Å². The lowest BCUT2D eigenvalue weighted by Gasteiger charge is -2.22. The van der Waals surface area contributed by atoms with Gasteiger partial charge in [0.1, 0.15) is 0 Å². The first-order chi connectivity index (χ1) is 8.74. The molecule has 0 saturated carbocycles. The predicted octanol–water partition coefficient (Wildman–Crippen LogP) is 3.32. The van der Waals surface area contributed by atoms with E-state index in [-0.39, 0.29) is 6.10 Å². The fourth-order valence-corrected chi connectivity index (χ4v) is 2.77. The van der Waals surface area contributed by atoms with Crippen LogP contribution in [0.3, 0.4) is 0 Å². The number of nitrogens with one attached hydrogen (secondary N) is 1. The highest BCUT2D eigenvalue weighted by atomic mass is 35.5. The fraction of sp³-hybridized carbons (Fsp3) is 0.500.